The van der Waals surface area contributed by atoms with Gasteiger partial charge in [0.05, 0.1) is 5.60 Å². The van der Waals surface area contributed by atoms with Crippen LogP contribution in [0.25, 0.3) is 0 Å². The van der Waals surface area contributed by atoms with Gasteiger partial charge in [-0.25, -0.2) is 0 Å². The highest BCUT2D eigenvalue weighted by Crippen LogP contribution is 2.29. The summed E-state index contributed by atoms with van der Waals surface area (Å²) in [4.78, 5) is 0. The van der Waals surface area contributed by atoms with Crippen LogP contribution in [-0.2, 0) is 0 Å². The molecule has 2 aliphatic rings. The molecule has 82 valence electrons. The number of aliphatic hydroxyl groups is 1. The van der Waals surface area contributed by atoms with E-state index < -0.39 is 5.60 Å². The first-order valence-electron chi connectivity index (χ1n) is 5.71. The van der Waals surface area contributed by atoms with Crippen LogP contribution in [0.4, 0.5) is 0 Å². The smallest absolute Gasteiger partial charge is 0.0787 e. The molecule has 0 unspecified atom stereocenters. The van der Waals surface area contributed by atoms with Crippen LogP contribution in [0.2, 0.25) is 0 Å². The summed E-state index contributed by atoms with van der Waals surface area (Å²) in [7, 11) is 0. The summed E-state index contributed by atoms with van der Waals surface area (Å²) in [5.74, 6) is 3.14. The second-order valence-electron chi connectivity index (χ2n) is 4.99. The molecular weight excluding hydrogens is 194 g/mol. The number of hydrogen-bond donors (Lipinski definition) is 2. The van der Waals surface area contributed by atoms with E-state index in [0.717, 1.165) is 36.8 Å². The van der Waals surface area contributed by atoms with E-state index in [2.05, 4.69) is 12.2 Å². The van der Waals surface area contributed by atoms with Gasteiger partial charge in [-0.15, -0.1) is 0 Å². The van der Waals surface area contributed by atoms with Crippen LogP contribution in [0.5, 0.6) is 0 Å². The monoisotopic (exact) mass is 215 g/mol. The molecule has 1 aliphatic heterocycles. The maximum atomic E-state index is 10.2. The van der Waals surface area contributed by atoms with E-state index in [1.807, 2.05) is 11.8 Å². The lowest BCUT2D eigenvalue weighted by Gasteiger charge is -2.38. The van der Waals surface area contributed by atoms with E-state index in [4.69, 9.17) is 0 Å². The third kappa shape index (κ3) is 2.65. The lowest BCUT2D eigenvalue weighted by molar-refractivity contribution is 0.0244. The molecule has 3 heteroatoms. The van der Waals surface area contributed by atoms with Crippen molar-refractivity contribution in [1.82, 2.24) is 5.32 Å². The van der Waals surface area contributed by atoms with E-state index in [9.17, 15) is 5.11 Å². The zero-order chi connectivity index (χ0) is 10.0. The predicted octanol–water partition coefficient (Wildman–Crippen LogP) is 1.63. The zero-order valence-corrected chi connectivity index (χ0v) is 9.78. The number of thioether (sulfide) groups is 1. The van der Waals surface area contributed by atoms with Crippen molar-refractivity contribution in [1.29, 1.82) is 0 Å². The van der Waals surface area contributed by atoms with Crippen LogP contribution in [0.1, 0.15) is 32.6 Å². The highest BCUT2D eigenvalue weighted by molar-refractivity contribution is 7.99. The van der Waals surface area contributed by atoms with Crippen molar-refractivity contribution in [3.8, 4) is 0 Å². The Labute approximate surface area is 90.8 Å². The molecule has 14 heavy (non-hydrogen) atoms. The van der Waals surface area contributed by atoms with Gasteiger partial charge in [-0.2, -0.15) is 11.8 Å². The van der Waals surface area contributed by atoms with Crippen molar-refractivity contribution >= 4 is 11.8 Å². The Morgan fingerprint density at radius 1 is 1.36 bits per heavy atom. The van der Waals surface area contributed by atoms with Crippen molar-refractivity contribution < 1.29 is 5.11 Å². The van der Waals surface area contributed by atoms with E-state index >= 15 is 0 Å². The summed E-state index contributed by atoms with van der Waals surface area (Å²) >= 11 is 1.96. The predicted molar refractivity (Wildman–Crippen MR) is 61.7 cm³/mol. The molecule has 0 aromatic rings. The van der Waals surface area contributed by atoms with E-state index in [-0.39, 0.29) is 0 Å². The normalized spacial score (nSPS) is 36.4. The fourth-order valence-corrected chi connectivity index (χ4v) is 3.58. The lowest BCUT2D eigenvalue weighted by Crippen LogP contribution is -2.50. The van der Waals surface area contributed by atoms with Gasteiger partial charge in [0.2, 0.25) is 0 Å². The van der Waals surface area contributed by atoms with E-state index in [0.29, 0.717) is 6.04 Å². The Balaban J connectivity index is 1.68. The van der Waals surface area contributed by atoms with Gasteiger partial charge in [0, 0.05) is 12.6 Å². The standard InChI is InChI=1S/C11H21NOS/c1-9-6-10(7-9)12-8-11(13)2-4-14-5-3-11/h9-10,12-13H,2-8H2,1H3. The first-order valence-corrected chi connectivity index (χ1v) is 6.87. The van der Waals surface area contributed by atoms with Gasteiger partial charge in [0.1, 0.15) is 0 Å². The van der Waals surface area contributed by atoms with Crippen LogP contribution < -0.4 is 5.32 Å². The van der Waals surface area contributed by atoms with Crippen LogP contribution in [0, 0.1) is 5.92 Å². The molecule has 2 fully saturated rings. The van der Waals surface area contributed by atoms with Gasteiger partial charge in [-0.3, -0.25) is 0 Å². The van der Waals surface area contributed by atoms with Crippen molar-refractivity contribution in [2.45, 2.75) is 44.2 Å². The van der Waals surface area contributed by atoms with Crippen LogP contribution in [-0.4, -0.2) is 34.8 Å². The van der Waals surface area contributed by atoms with Crippen LogP contribution in [0.15, 0.2) is 0 Å². The van der Waals surface area contributed by atoms with Crippen molar-refractivity contribution in [2.75, 3.05) is 18.1 Å². The molecular formula is C11H21NOS. The van der Waals surface area contributed by atoms with Crippen LogP contribution in [0.3, 0.4) is 0 Å². The number of rotatable bonds is 3. The summed E-state index contributed by atoms with van der Waals surface area (Å²) in [6, 6.07) is 0.684. The molecule has 0 amide bonds. The third-order valence-electron chi connectivity index (χ3n) is 3.52. The molecule has 1 saturated heterocycles. The summed E-state index contributed by atoms with van der Waals surface area (Å²) < 4.78 is 0. The molecule has 0 bridgehead atoms. The Bertz CT molecular complexity index is 186. The highest BCUT2D eigenvalue weighted by atomic mass is 32.2. The van der Waals surface area contributed by atoms with Crippen molar-refractivity contribution in [3.63, 3.8) is 0 Å². The molecule has 0 radical (unpaired) electrons. The molecule has 1 saturated carbocycles. The molecule has 2 nitrogen and oxygen atoms in total. The number of nitrogens with one attached hydrogen (secondary N) is 1. The Morgan fingerprint density at radius 2 is 2.00 bits per heavy atom. The van der Waals surface area contributed by atoms with Crippen molar-refractivity contribution in [2.24, 2.45) is 5.92 Å². The molecule has 2 N–H and O–H groups in total. The summed E-state index contributed by atoms with van der Waals surface area (Å²) in [5, 5.41) is 13.7. The van der Waals surface area contributed by atoms with Gasteiger partial charge < -0.3 is 10.4 Å². The van der Waals surface area contributed by atoms with E-state index in [1.54, 1.807) is 0 Å². The molecule has 0 atom stereocenters. The summed E-state index contributed by atoms with van der Waals surface area (Å²) in [6.07, 6.45) is 4.52. The minimum atomic E-state index is -0.399. The first kappa shape index (κ1) is 10.8. The first-order chi connectivity index (χ1) is 6.68. The van der Waals surface area contributed by atoms with Gasteiger partial charge in [0.25, 0.3) is 0 Å². The summed E-state index contributed by atoms with van der Waals surface area (Å²) in [5.41, 5.74) is -0.399. The fraction of sp³-hybridized carbons (Fsp3) is 1.00. The minimum absolute atomic E-state index is 0.399. The van der Waals surface area contributed by atoms with E-state index in [1.165, 1.54) is 12.8 Å². The van der Waals surface area contributed by atoms with Crippen molar-refractivity contribution in [3.05, 3.63) is 0 Å². The molecule has 0 spiro atoms. The average molecular weight is 215 g/mol. The number of hydrogen-bond acceptors (Lipinski definition) is 3. The van der Waals surface area contributed by atoms with Gasteiger partial charge in [-0.05, 0) is 43.1 Å². The van der Waals surface area contributed by atoms with Crippen LogP contribution >= 0.6 is 11.8 Å². The van der Waals surface area contributed by atoms with Gasteiger partial charge in [0.15, 0.2) is 0 Å². The summed E-state index contributed by atoms with van der Waals surface area (Å²) in [6.45, 7) is 3.11. The topological polar surface area (TPSA) is 32.3 Å². The maximum absolute atomic E-state index is 10.2. The Kier molecular flexibility index (Phi) is 3.40. The SMILES string of the molecule is CC1CC(NCC2(O)CCSCC2)C1. The van der Waals surface area contributed by atoms with Gasteiger partial charge in [-0.1, -0.05) is 6.92 Å². The molecule has 0 aromatic heterocycles. The molecule has 2 rings (SSSR count). The molecule has 1 heterocycles. The average Bonchev–Trinajstić information content (AvgIpc) is 2.12. The fourth-order valence-electron chi connectivity index (χ4n) is 2.33. The quantitative estimate of drug-likeness (QED) is 0.750. The maximum Gasteiger partial charge on any atom is 0.0787 e. The molecule has 1 aliphatic carbocycles. The zero-order valence-electron chi connectivity index (χ0n) is 8.96. The second kappa shape index (κ2) is 4.42. The minimum Gasteiger partial charge on any atom is -0.389 e. The largest absolute Gasteiger partial charge is 0.389 e. The Hall–Kier alpha value is 0.270. The molecule has 0 aromatic carbocycles. The third-order valence-corrected chi connectivity index (χ3v) is 4.50. The second-order valence-corrected chi connectivity index (χ2v) is 6.22. The Morgan fingerprint density at radius 3 is 2.57 bits per heavy atom. The highest BCUT2D eigenvalue weighted by Gasteiger charge is 2.32. The lowest BCUT2D eigenvalue weighted by atomic mass is 9.81. The van der Waals surface area contributed by atoms with Gasteiger partial charge >= 0.3 is 0 Å².